The SMILES string of the molecule is O=S(=O)(c1cnc[nH]1)N1CCOc2ccccc21. The monoisotopic (exact) mass is 265 g/mol. The van der Waals surface area contributed by atoms with E-state index in [0.29, 0.717) is 24.6 Å². The highest BCUT2D eigenvalue weighted by atomic mass is 32.2. The van der Waals surface area contributed by atoms with Gasteiger partial charge < -0.3 is 9.72 Å². The van der Waals surface area contributed by atoms with Gasteiger partial charge >= 0.3 is 0 Å². The van der Waals surface area contributed by atoms with Crippen molar-refractivity contribution in [3.05, 3.63) is 36.8 Å². The average Bonchev–Trinajstić information content (AvgIpc) is 2.92. The van der Waals surface area contributed by atoms with Crippen molar-refractivity contribution in [1.82, 2.24) is 9.97 Å². The van der Waals surface area contributed by atoms with Crippen molar-refractivity contribution in [2.75, 3.05) is 17.5 Å². The smallest absolute Gasteiger partial charge is 0.281 e. The molecule has 6 nitrogen and oxygen atoms in total. The van der Waals surface area contributed by atoms with Crippen LogP contribution in [0.2, 0.25) is 0 Å². The van der Waals surface area contributed by atoms with Crippen molar-refractivity contribution < 1.29 is 13.2 Å². The molecular formula is C11H11N3O3S. The van der Waals surface area contributed by atoms with E-state index in [9.17, 15) is 8.42 Å². The van der Waals surface area contributed by atoms with Gasteiger partial charge in [0.1, 0.15) is 12.4 Å². The second-order valence-electron chi connectivity index (χ2n) is 3.81. The number of nitrogens with one attached hydrogen (secondary N) is 1. The van der Waals surface area contributed by atoms with Crippen LogP contribution in [0.25, 0.3) is 0 Å². The number of fused-ring (bicyclic) bond motifs is 1. The van der Waals surface area contributed by atoms with Gasteiger partial charge in [-0.1, -0.05) is 12.1 Å². The van der Waals surface area contributed by atoms with E-state index in [-0.39, 0.29) is 5.03 Å². The van der Waals surface area contributed by atoms with Gasteiger partial charge in [0.25, 0.3) is 10.0 Å². The van der Waals surface area contributed by atoms with Gasteiger partial charge in [0.05, 0.1) is 24.8 Å². The van der Waals surface area contributed by atoms with Crippen LogP contribution in [-0.2, 0) is 10.0 Å². The Bertz CT molecular complexity index is 652. The summed E-state index contributed by atoms with van der Waals surface area (Å²) in [6.07, 6.45) is 2.65. The third-order valence-corrected chi connectivity index (χ3v) is 4.47. The van der Waals surface area contributed by atoms with Gasteiger partial charge in [0, 0.05) is 0 Å². The van der Waals surface area contributed by atoms with Crippen LogP contribution in [0.15, 0.2) is 41.8 Å². The molecule has 3 rings (SSSR count). The van der Waals surface area contributed by atoms with E-state index in [1.54, 1.807) is 18.2 Å². The standard InChI is InChI=1S/C11H11N3O3S/c15-18(16,11-7-12-8-13-11)14-5-6-17-10-4-2-1-3-9(10)14/h1-4,7-8H,5-6H2,(H,12,13). The summed E-state index contributed by atoms with van der Waals surface area (Å²) in [7, 11) is -3.60. The number of ether oxygens (including phenoxy) is 1. The molecule has 0 radical (unpaired) electrons. The molecule has 1 aromatic heterocycles. The highest BCUT2D eigenvalue weighted by molar-refractivity contribution is 7.92. The Morgan fingerprint density at radius 3 is 2.94 bits per heavy atom. The maximum Gasteiger partial charge on any atom is 0.281 e. The average molecular weight is 265 g/mol. The lowest BCUT2D eigenvalue weighted by Gasteiger charge is -2.29. The number of rotatable bonds is 2. The lowest BCUT2D eigenvalue weighted by molar-refractivity contribution is 0.316. The number of nitrogens with zero attached hydrogens (tertiary/aromatic N) is 2. The Hall–Kier alpha value is -2.02. The lowest BCUT2D eigenvalue weighted by atomic mass is 10.2. The van der Waals surface area contributed by atoms with Crippen LogP contribution in [0.3, 0.4) is 0 Å². The zero-order chi connectivity index (χ0) is 12.6. The molecule has 0 saturated heterocycles. The number of hydrogen-bond acceptors (Lipinski definition) is 4. The summed E-state index contributed by atoms with van der Waals surface area (Å²) in [4.78, 5) is 6.37. The first-order chi connectivity index (χ1) is 8.69. The summed E-state index contributed by atoms with van der Waals surface area (Å²) in [6.45, 7) is 0.628. The van der Waals surface area contributed by atoms with Crippen molar-refractivity contribution in [3.8, 4) is 5.75 Å². The summed E-state index contributed by atoms with van der Waals surface area (Å²) in [5.74, 6) is 0.576. The van der Waals surface area contributed by atoms with Crippen molar-refractivity contribution in [3.63, 3.8) is 0 Å². The highest BCUT2D eigenvalue weighted by Gasteiger charge is 2.30. The van der Waals surface area contributed by atoms with Crippen molar-refractivity contribution in [1.29, 1.82) is 0 Å². The number of sulfonamides is 1. The summed E-state index contributed by atoms with van der Waals surface area (Å²) in [6, 6.07) is 7.07. The molecule has 2 heterocycles. The van der Waals surface area contributed by atoms with Crippen LogP contribution in [0.4, 0.5) is 5.69 Å². The predicted octanol–water partition coefficient (Wildman–Crippen LogP) is 0.997. The van der Waals surface area contributed by atoms with E-state index in [1.165, 1.54) is 16.8 Å². The van der Waals surface area contributed by atoms with Crippen molar-refractivity contribution in [2.24, 2.45) is 0 Å². The molecule has 0 aliphatic carbocycles. The van der Waals surface area contributed by atoms with Gasteiger partial charge in [-0.2, -0.15) is 8.42 Å². The fourth-order valence-electron chi connectivity index (χ4n) is 1.90. The van der Waals surface area contributed by atoms with E-state index in [0.717, 1.165) is 0 Å². The largest absolute Gasteiger partial charge is 0.489 e. The molecule has 0 saturated carbocycles. The molecule has 1 aliphatic rings. The first-order valence-electron chi connectivity index (χ1n) is 5.42. The van der Waals surface area contributed by atoms with Crippen LogP contribution in [0.5, 0.6) is 5.75 Å². The van der Waals surface area contributed by atoms with E-state index in [4.69, 9.17) is 4.74 Å². The topological polar surface area (TPSA) is 75.3 Å². The van der Waals surface area contributed by atoms with Gasteiger partial charge in [-0.3, -0.25) is 4.31 Å². The summed E-state index contributed by atoms with van der Waals surface area (Å²) in [5.41, 5.74) is 0.554. The Morgan fingerprint density at radius 1 is 1.33 bits per heavy atom. The number of aromatic nitrogens is 2. The normalized spacial score (nSPS) is 15.0. The van der Waals surface area contributed by atoms with Crippen molar-refractivity contribution >= 4 is 15.7 Å². The third-order valence-electron chi connectivity index (χ3n) is 2.73. The van der Waals surface area contributed by atoms with Gasteiger partial charge in [-0.05, 0) is 12.1 Å². The molecule has 0 amide bonds. The third kappa shape index (κ3) is 1.63. The quantitative estimate of drug-likeness (QED) is 0.879. The molecule has 0 bridgehead atoms. The lowest BCUT2D eigenvalue weighted by Crippen LogP contribution is -2.38. The minimum atomic E-state index is -3.60. The van der Waals surface area contributed by atoms with Crippen molar-refractivity contribution in [2.45, 2.75) is 5.03 Å². The second-order valence-corrected chi connectivity index (χ2v) is 5.64. The zero-order valence-electron chi connectivity index (χ0n) is 9.41. The molecule has 1 aromatic carbocycles. The van der Waals surface area contributed by atoms with Gasteiger partial charge in [-0.15, -0.1) is 0 Å². The van der Waals surface area contributed by atoms with Gasteiger partial charge in [0.2, 0.25) is 0 Å². The fraction of sp³-hybridized carbons (Fsp3) is 0.182. The molecule has 7 heteroatoms. The second kappa shape index (κ2) is 4.02. The minimum Gasteiger partial charge on any atom is -0.489 e. The van der Waals surface area contributed by atoms with E-state index >= 15 is 0 Å². The molecule has 0 fully saturated rings. The molecule has 1 aliphatic heterocycles. The summed E-state index contributed by atoms with van der Waals surface area (Å²) >= 11 is 0. The van der Waals surface area contributed by atoms with Crippen LogP contribution in [0.1, 0.15) is 0 Å². The van der Waals surface area contributed by atoms with Crippen LogP contribution in [0, 0.1) is 0 Å². The minimum absolute atomic E-state index is 0.0826. The zero-order valence-corrected chi connectivity index (χ0v) is 10.2. The number of anilines is 1. The molecule has 2 aromatic rings. The fourth-order valence-corrected chi connectivity index (χ4v) is 3.25. The molecule has 18 heavy (non-hydrogen) atoms. The molecule has 1 N–H and O–H groups in total. The first-order valence-corrected chi connectivity index (χ1v) is 6.86. The first kappa shape index (κ1) is 11.1. The number of aromatic amines is 1. The molecule has 0 spiro atoms. The summed E-state index contributed by atoms with van der Waals surface area (Å²) in [5, 5.41) is 0.0826. The Labute approximate surface area is 104 Å². The van der Waals surface area contributed by atoms with Crippen LogP contribution >= 0.6 is 0 Å². The van der Waals surface area contributed by atoms with E-state index in [1.807, 2.05) is 6.07 Å². The number of H-pyrrole nitrogens is 1. The number of imidazole rings is 1. The Balaban J connectivity index is 2.10. The van der Waals surface area contributed by atoms with Crippen LogP contribution < -0.4 is 9.04 Å². The van der Waals surface area contributed by atoms with Gasteiger partial charge in [-0.25, -0.2) is 4.98 Å². The predicted molar refractivity (Wildman–Crippen MR) is 65.1 cm³/mol. The Kier molecular flexibility index (Phi) is 2.48. The molecule has 0 unspecified atom stereocenters. The molecule has 0 atom stereocenters. The number of para-hydroxylation sites is 2. The van der Waals surface area contributed by atoms with Gasteiger partial charge in [0.15, 0.2) is 5.03 Å². The maximum absolute atomic E-state index is 12.4. The highest BCUT2D eigenvalue weighted by Crippen LogP contribution is 2.34. The van der Waals surface area contributed by atoms with E-state index in [2.05, 4.69) is 9.97 Å². The maximum atomic E-state index is 12.4. The number of hydrogen-bond donors (Lipinski definition) is 1. The molecule has 94 valence electrons. The molecular weight excluding hydrogens is 254 g/mol. The van der Waals surface area contributed by atoms with Crippen LogP contribution in [-0.4, -0.2) is 31.5 Å². The van der Waals surface area contributed by atoms with E-state index < -0.39 is 10.0 Å². The number of benzene rings is 1. The Morgan fingerprint density at radius 2 is 2.17 bits per heavy atom. The summed E-state index contributed by atoms with van der Waals surface area (Å²) < 4.78 is 31.6.